The minimum Gasteiger partial charge on any atom is -0.379 e. The van der Waals surface area contributed by atoms with Gasteiger partial charge >= 0.3 is 0 Å². The van der Waals surface area contributed by atoms with Gasteiger partial charge in [0.15, 0.2) is 11.6 Å². The van der Waals surface area contributed by atoms with Gasteiger partial charge < -0.3 is 28.4 Å². The van der Waals surface area contributed by atoms with Crippen molar-refractivity contribution in [3.8, 4) is 11.1 Å². The van der Waals surface area contributed by atoms with Crippen LogP contribution in [0.15, 0.2) is 45.3 Å². The molecule has 0 bridgehead atoms. The zero-order valence-electron chi connectivity index (χ0n) is 24.8. The molecule has 8 heteroatoms. The van der Waals surface area contributed by atoms with E-state index in [4.69, 9.17) is 28.4 Å². The van der Waals surface area contributed by atoms with Crippen LogP contribution in [-0.4, -0.2) is 63.4 Å². The molecule has 226 valence electrons. The van der Waals surface area contributed by atoms with Gasteiger partial charge in [-0.2, -0.15) is 0 Å². The minimum absolute atomic E-state index is 0.0787. The van der Waals surface area contributed by atoms with Crippen LogP contribution in [0.4, 0.5) is 0 Å². The average Bonchev–Trinajstić information content (AvgIpc) is 3.15. The summed E-state index contributed by atoms with van der Waals surface area (Å²) >= 11 is 7.52. The zero-order chi connectivity index (χ0) is 29.1. The van der Waals surface area contributed by atoms with E-state index >= 15 is 0 Å². The maximum absolute atomic E-state index is 6.17. The number of rotatable bonds is 12. The summed E-state index contributed by atoms with van der Waals surface area (Å²) in [5.74, 6) is -1.08. The molecule has 0 N–H and O–H groups in total. The molecule has 41 heavy (non-hydrogen) atoms. The lowest BCUT2D eigenvalue weighted by Crippen LogP contribution is -2.41. The fourth-order valence-electron chi connectivity index (χ4n) is 6.58. The van der Waals surface area contributed by atoms with E-state index in [2.05, 4.69) is 68.3 Å². The standard InChI is InChI=1S/C33H44Br2O6/c1-31(2)38-17-11-25(40-31)21-36-15-5-13-33(14-6-16-37-22-26-12-18-39-32(3,4)41-26)29-19-23(34)7-9-27(29)28-10-8-24(35)20-30(28)33/h7-10,19-20,25-26H,5-6,11-18,21-22H2,1-4H3. The monoisotopic (exact) mass is 694 g/mol. The van der Waals surface area contributed by atoms with Crippen LogP contribution in [0.5, 0.6) is 0 Å². The first kappa shape index (κ1) is 31.6. The maximum Gasteiger partial charge on any atom is 0.163 e. The smallest absolute Gasteiger partial charge is 0.163 e. The van der Waals surface area contributed by atoms with Crippen molar-refractivity contribution < 1.29 is 28.4 Å². The van der Waals surface area contributed by atoms with Crippen molar-refractivity contribution in [1.82, 2.24) is 0 Å². The minimum atomic E-state index is -0.538. The Kier molecular flexibility index (Phi) is 10.3. The van der Waals surface area contributed by atoms with Crippen LogP contribution in [-0.2, 0) is 33.8 Å². The summed E-state index contributed by atoms with van der Waals surface area (Å²) in [6, 6.07) is 13.5. The summed E-state index contributed by atoms with van der Waals surface area (Å²) in [5, 5.41) is 0. The maximum atomic E-state index is 6.17. The van der Waals surface area contributed by atoms with Crippen molar-refractivity contribution in [2.45, 2.75) is 95.4 Å². The molecule has 3 aliphatic rings. The second-order valence-electron chi connectivity index (χ2n) is 12.4. The summed E-state index contributed by atoms with van der Waals surface area (Å²) in [5.41, 5.74) is 5.33. The Labute approximate surface area is 262 Å². The molecule has 2 saturated heterocycles. The Bertz CT molecular complexity index is 1090. The first-order chi connectivity index (χ1) is 19.6. The SMILES string of the molecule is CC1(C)OCCC(COCCCC2(CCCOCC3CCOC(C)(C)O3)c3cc(Br)ccc3-c3ccc(Br)cc32)O1. The van der Waals surface area contributed by atoms with E-state index in [1.165, 1.54) is 22.3 Å². The van der Waals surface area contributed by atoms with Gasteiger partial charge in [-0.3, -0.25) is 0 Å². The summed E-state index contributed by atoms with van der Waals surface area (Å²) in [7, 11) is 0. The number of fused-ring (bicyclic) bond motifs is 3. The zero-order valence-corrected chi connectivity index (χ0v) is 28.0. The van der Waals surface area contributed by atoms with Gasteiger partial charge in [-0.25, -0.2) is 0 Å². The molecule has 6 nitrogen and oxygen atoms in total. The molecule has 0 saturated carbocycles. The topological polar surface area (TPSA) is 55.4 Å². The van der Waals surface area contributed by atoms with Gasteiger partial charge in [0.05, 0.1) is 38.6 Å². The molecule has 0 radical (unpaired) electrons. The van der Waals surface area contributed by atoms with Gasteiger partial charge in [0.2, 0.25) is 0 Å². The molecule has 2 aliphatic heterocycles. The third kappa shape index (κ3) is 7.82. The first-order valence-corrected chi connectivity index (χ1v) is 16.6. The predicted octanol–water partition coefficient (Wildman–Crippen LogP) is 8.15. The van der Waals surface area contributed by atoms with Gasteiger partial charge in [0, 0.05) is 27.6 Å². The van der Waals surface area contributed by atoms with Gasteiger partial charge in [0.1, 0.15) is 0 Å². The molecular weight excluding hydrogens is 652 g/mol. The molecule has 2 heterocycles. The van der Waals surface area contributed by atoms with Crippen molar-refractivity contribution in [2.75, 3.05) is 39.6 Å². The number of halogens is 2. The van der Waals surface area contributed by atoms with E-state index in [0.29, 0.717) is 39.6 Å². The van der Waals surface area contributed by atoms with Gasteiger partial charge in [-0.1, -0.05) is 44.0 Å². The molecule has 0 spiro atoms. The lowest BCUT2D eigenvalue weighted by atomic mass is 9.71. The number of ether oxygens (including phenoxy) is 6. The summed E-state index contributed by atoms with van der Waals surface area (Å²) in [6.45, 7) is 11.9. The molecule has 5 rings (SSSR count). The van der Waals surface area contributed by atoms with Crippen molar-refractivity contribution in [1.29, 1.82) is 0 Å². The van der Waals surface area contributed by atoms with Crippen molar-refractivity contribution in [3.05, 3.63) is 56.5 Å². The lowest BCUT2D eigenvalue weighted by Gasteiger charge is -2.36. The van der Waals surface area contributed by atoms with E-state index in [1.807, 2.05) is 27.7 Å². The fourth-order valence-corrected chi connectivity index (χ4v) is 7.30. The fraction of sp³-hybridized carbons (Fsp3) is 0.636. The average molecular weight is 697 g/mol. The lowest BCUT2D eigenvalue weighted by molar-refractivity contribution is -0.280. The second-order valence-corrected chi connectivity index (χ2v) is 14.2. The summed E-state index contributed by atoms with van der Waals surface area (Å²) in [4.78, 5) is 0. The Morgan fingerprint density at radius 3 is 1.56 bits per heavy atom. The Morgan fingerprint density at radius 1 is 0.707 bits per heavy atom. The first-order valence-electron chi connectivity index (χ1n) is 15.0. The van der Waals surface area contributed by atoms with Gasteiger partial charge in [-0.05, 0) is 113 Å². The molecule has 0 aromatic heterocycles. The largest absolute Gasteiger partial charge is 0.379 e. The van der Waals surface area contributed by atoms with Crippen LogP contribution in [0.3, 0.4) is 0 Å². The Balaban J connectivity index is 1.25. The van der Waals surface area contributed by atoms with Crippen LogP contribution in [0.1, 0.15) is 77.3 Å². The van der Waals surface area contributed by atoms with Crippen molar-refractivity contribution in [3.63, 3.8) is 0 Å². The normalized spacial score (nSPS) is 24.1. The van der Waals surface area contributed by atoms with Crippen molar-refractivity contribution >= 4 is 31.9 Å². The molecule has 1 aliphatic carbocycles. The molecule has 2 aromatic rings. The van der Waals surface area contributed by atoms with Crippen molar-refractivity contribution in [2.24, 2.45) is 0 Å². The Morgan fingerprint density at radius 2 is 1.15 bits per heavy atom. The molecule has 2 aromatic carbocycles. The number of benzene rings is 2. The van der Waals surface area contributed by atoms with E-state index in [1.54, 1.807) is 0 Å². The summed E-state index contributed by atoms with van der Waals surface area (Å²) in [6.07, 6.45) is 5.80. The highest BCUT2D eigenvalue weighted by atomic mass is 79.9. The third-order valence-electron chi connectivity index (χ3n) is 8.36. The highest BCUT2D eigenvalue weighted by molar-refractivity contribution is 9.10. The molecule has 2 atom stereocenters. The third-order valence-corrected chi connectivity index (χ3v) is 9.34. The van der Waals surface area contributed by atoms with E-state index in [9.17, 15) is 0 Å². The highest BCUT2D eigenvalue weighted by Crippen LogP contribution is 2.55. The molecule has 0 amide bonds. The predicted molar refractivity (Wildman–Crippen MR) is 167 cm³/mol. The molecular formula is C33H44Br2O6. The number of hydrogen-bond acceptors (Lipinski definition) is 6. The second kappa shape index (κ2) is 13.4. The van der Waals surface area contributed by atoms with Crippen LogP contribution in [0.25, 0.3) is 11.1 Å². The Hall–Kier alpha value is -0.840. The van der Waals surface area contributed by atoms with Crippen LogP contribution < -0.4 is 0 Å². The quantitative estimate of drug-likeness (QED) is 0.209. The van der Waals surface area contributed by atoms with Crippen LogP contribution >= 0.6 is 31.9 Å². The van der Waals surface area contributed by atoms with Crippen LogP contribution in [0, 0.1) is 0 Å². The van der Waals surface area contributed by atoms with Gasteiger partial charge in [-0.15, -0.1) is 0 Å². The molecule has 2 fully saturated rings. The van der Waals surface area contributed by atoms with E-state index in [-0.39, 0.29) is 17.6 Å². The number of hydrogen-bond donors (Lipinski definition) is 0. The van der Waals surface area contributed by atoms with Gasteiger partial charge in [0.25, 0.3) is 0 Å². The van der Waals surface area contributed by atoms with E-state index in [0.717, 1.165) is 47.5 Å². The highest BCUT2D eigenvalue weighted by Gasteiger charge is 2.42. The summed E-state index contributed by atoms with van der Waals surface area (Å²) < 4.78 is 38.0. The van der Waals surface area contributed by atoms with E-state index < -0.39 is 11.6 Å². The van der Waals surface area contributed by atoms with Crippen LogP contribution in [0.2, 0.25) is 0 Å². The molecule has 2 unspecified atom stereocenters.